The summed E-state index contributed by atoms with van der Waals surface area (Å²) >= 11 is 0. The number of hydrogen-bond acceptors (Lipinski definition) is 3. The Morgan fingerprint density at radius 2 is 1.96 bits per heavy atom. The van der Waals surface area contributed by atoms with Crippen molar-refractivity contribution in [1.82, 2.24) is 15.5 Å². The van der Waals surface area contributed by atoms with Gasteiger partial charge in [-0.05, 0) is 37.9 Å². The number of halogens is 2. The van der Waals surface area contributed by atoms with Crippen LogP contribution in [-0.2, 0) is 11.3 Å². The van der Waals surface area contributed by atoms with Crippen LogP contribution in [0.5, 0.6) is 0 Å². The van der Waals surface area contributed by atoms with Crippen LogP contribution in [0.1, 0.15) is 31.2 Å². The molecule has 2 fully saturated rings. The molecule has 4 nitrogen and oxygen atoms in total. The van der Waals surface area contributed by atoms with Crippen LogP contribution in [0.25, 0.3) is 0 Å². The highest BCUT2D eigenvalue weighted by Crippen LogP contribution is 2.20. The minimum Gasteiger partial charge on any atom is -0.351 e. The van der Waals surface area contributed by atoms with Crippen LogP contribution in [0.3, 0.4) is 0 Å². The smallest absolute Gasteiger partial charge is 0.237 e. The standard InChI is InChI=1S/C17H25N3O.2ClH/c21-17(19-15-9-10-18-12-15)16-8-4-5-11-20(16)13-14-6-2-1-3-7-14;;/h1-3,6-7,15-16,18H,4-5,8-13H2,(H,19,21);2*1H. The fraction of sp³-hybridized carbons (Fsp3) is 0.588. The molecule has 2 aliphatic heterocycles. The molecule has 0 saturated carbocycles. The summed E-state index contributed by atoms with van der Waals surface area (Å²) in [6.07, 6.45) is 4.39. The minimum absolute atomic E-state index is 0. The van der Waals surface area contributed by atoms with Crippen LogP contribution in [0, 0.1) is 0 Å². The SMILES string of the molecule is Cl.Cl.O=C(NC1CCNC1)C1CCCCN1Cc1ccccc1. The van der Waals surface area contributed by atoms with Gasteiger partial charge in [-0.25, -0.2) is 0 Å². The van der Waals surface area contributed by atoms with Crippen molar-refractivity contribution in [2.45, 2.75) is 44.3 Å². The third-order valence-electron chi connectivity index (χ3n) is 4.55. The number of hydrogen-bond donors (Lipinski definition) is 2. The van der Waals surface area contributed by atoms with Gasteiger partial charge in [0.25, 0.3) is 0 Å². The van der Waals surface area contributed by atoms with Crippen molar-refractivity contribution in [3.05, 3.63) is 35.9 Å². The maximum atomic E-state index is 12.6. The molecule has 0 bridgehead atoms. The van der Waals surface area contributed by atoms with Gasteiger partial charge in [0.15, 0.2) is 0 Å². The van der Waals surface area contributed by atoms with Gasteiger partial charge >= 0.3 is 0 Å². The van der Waals surface area contributed by atoms with Crippen molar-refractivity contribution in [3.8, 4) is 0 Å². The lowest BCUT2D eigenvalue weighted by molar-refractivity contribution is -0.128. The van der Waals surface area contributed by atoms with Gasteiger partial charge in [-0.3, -0.25) is 9.69 Å². The number of benzene rings is 1. The van der Waals surface area contributed by atoms with Gasteiger partial charge in [0, 0.05) is 19.1 Å². The summed E-state index contributed by atoms with van der Waals surface area (Å²) in [6, 6.07) is 10.8. The largest absolute Gasteiger partial charge is 0.351 e. The van der Waals surface area contributed by atoms with E-state index in [0.29, 0.717) is 6.04 Å². The van der Waals surface area contributed by atoms with Crippen LogP contribution in [0.4, 0.5) is 0 Å². The molecule has 1 aromatic rings. The molecule has 0 spiro atoms. The van der Waals surface area contributed by atoms with Gasteiger partial charge in [-0.15, -0.1) is 24.8 Å². The van der Waals surface area contributed by atoms with Crippen LogP contribution < -0.4 is 10.6 Å². The Kier molecular flexibility index (Phi) is 8.92. The fourth-order valence-corrected chi connectivity index (χ4v) is 3.37. The zero-order valence-corrected chi connectivity index (χ0v) is 15.0. The lowest BCUT2D eigenvalue weighted by Gasteiger charge is -2.35. The number of rotatable bonds is 4. The molecule has 1 aromatic carbocycles. The van der Waals surface area contributed by atoms with Crippen molar-refractivity contribution < 1.29 is 4.79 Å². The van der Waals surface area contributed by atoms with Crippen molar-refractivity contribution in [1.29, 1.82) is 0 Å². The monoisotopic (exact) mass is 359 g/mol. The van der Waals surface area contributed by atoms with Crippen molar-refractivity contribution in [2.75, 3.05) is 19.6 Å². The molecular formula is C17H27Cl2N3O. The number of carbonyl (C=O) groups is 1. The van der Waals surface area contributed by atoms with Gasteiger partial charge in [0.2, 0.25) is 5.91 Å². The van der Waals surface area contributed by atoms with E-state index in [-0.39, 0.29) is 36.8 Å². The normalized spacial score (nSPS) is 24.3. The quantitative estimate of drug-likeness (QED) is 0.867. The first kappa shape index (κ1) is 20.2. The summed E-state index contributed by atoms with van der Waals surface area (Å²) in [5.74, 6) is 0.222. The lowest BCUT2D eigenvalue weighted by atomic mass is 10.00. The molecular weight excluding hydrogens is 333 g/mol. The van der Waals surface area contributed by atoms with Crippen molar-refractivity contribution in [3.63, 3.8) is 0 Å². The minimum atomic E-state index is 0. The molecule has 23 heavy (non-hydrogen) atoms. The summed E-state index contributed by atoms with van der Waals surface area (Å²) in [4.78, 5) is 14.9. The highest BCUT2D eigenvalue weighted by atomic mass is 35.5. The summed E-state index contributed by atoms with van der Waals surface area (Å²) in [5, 5.41) is 6.52. The summed E-state index contributed by atoms with van der Waals surface area (Å²) in [5.41, 5.74) is 1.29. The molecule has 2 heterocycles. The first-order valence-corrected chi connectivity index (χ1v) is 8.12. The molecule has 2 unspecified atom stereocenters. The van der Waals surface area contributed by atoms with Crippen LogP contribution in [0.15, 0.2) is 30.3 Å². The van der Waals surface area contributed by atoms with Gasteiger partial charge in [0.05, 0.1) is 6.04 Å². The highest BCUT2D eigenvalue weighted by molar-refractivity contribution is 5.85. The zero-order chi connectivity index (χ0) is 14.5. The average Bonchev–Trinajstić information content (AvgIpc) is 3.02. The summed E-state index contributed by atoms with van der Waals surface area (Å²) in [6.45, 7) is 3.83. The molecule has 2 saturated heterocycles. The summed E-state index contributed by atoms with van der Waals surface area (Å²) in [7, 11) is 0. The van der Waals surface area contributed by atoms with Gasteiger partial charge < -0.3 is 10.6 Å². The van der Waals surface area contributed by atoms with E-state index in [0.717, 1.165) is 45.4 Å². The van der Waals surface area contributed by atoms with Crippen molar-refractivity contribution in [2.24, 2.45) is 0 Å². The predicted octanol–water partition coefficient (Wildman–Crippen LogP) is 2.36. The van der Waals surface area contributed by atoms with Gasteiger partial charge in [0.1, 0.15) is 0 Å². The van der Waals surface area contributed by atoms with E-state index in [4.69, 9.17) is 0 Å². The van der Waals surface area contributed by atoms with E-state index in [1.165, 1.54) is 12.0 Å². The number of amides is 1. The topological polar surface area (TPSA) is 44.4 Å². The maximum absolute atomic E-state index is 12.6. The molecule has 2 atom stereocenters. The molecule has 2 aliphatic rings. The van der Waals surface area contributed by atoms with Crippen molar-refractivity contribution >= 4 is 30.7 Å². The lowest BCUT2D eigenvalue weighted by Crippen LogP contribution is -2.51. The second-order valence-corrected chi connectivity index (χ2v) is 6.17. The third kappa shape index (κ3) is 5.64. The number of likely N-dealkylation sites (tertiary alicyclic amines) is 1. The van der Waals surface area contributed by atoms with E-state index < -0.39 is 0 Å². The Morgan fingerprint density at radius 1 is 1.17 bits per heavy atom. The Morgan fingerprint density at radius 3 is 2.65 bits per heavy atom. The Hall–Kier alpha value is -0.810. The highest BCUT2D eigenvalue weighted by Gasteiger charge is 2.30. The Bertz CT molecular complexity index is 466. The second-order valence-electron chi connectivity index (χ2n) is 6.17. The molecule has 0 aliphatic carbocycles. The number of nitrogens with zero attached hydrogens (tertiary/aromatic N) is 1. The molecule has 0 radical (unpaired) electrons. The molecule has 2 N–H and O–H groups in total. The maximum Gasteiger partial charge on any atom is 0.237 e. The van der Waals surface area contributed by atoms with E-state index in [1.54, 1.807) is 0 Å². The molecule has 130 valence electrons. The first-order chi connectivity index (χ1) is 10.3. The molecule has 6 heteroatoms. The fourth-order valence-electron chi connectivity index (χ4n) is 3.37. The molecule has 0 aromatic heterocycles. The van der Waals surface area contributed by atoms with Gasteiger partial charge in [-0.1, -0.05) is 36.8 Å². The van der Waals surface area contributed by atoms with E-state index in [1.807, 2.05) is 6.07 Å². The van der Waals surface area contributed by atoms with E-state index in [9.17, 15) is 4.79 Å². The summed E-state index contributed by atoms with van der Waals surface area (Å²) < 4.78 is 0. The predicted molar refractivity (Wildman–Crippen MR) is 98.4 cm³/mol. The number of carbonyl (C=O) groups excluding carboxylic acids is 1. The van der Waals surface area contributed by atoms with E-state index in [2.05, 4.69) is 39.8 Å². The Labute approximate surface area is 151 Å². The molecule has 3 rings (SSSR count). The Balaban J connectivity index is 0.00000132. The van der Waals surface area contributed by atoms with Gasteiger partial charge in [-0.2, -0.15) is 0 Å². The van der Waals surface area contributed by atoms with Crippen LogP contribution in [-0.4, -0.2) is 42.5 Å². The zero-order valence-electron chi connectivity index (χ0n) is 13.4. The first-order valence-electron chi connectivity index (χ1n) is 8.12. The van der Waals surface area contributed by atoms with E-state index >= 15 is 0 Å². The van der Waals surface area contributed by atoms with Crippen LogP contribution in [0.2, 0.25) is 0 Å². The number of piperidine rings is 1. The third-order valence-corrected chi connectivity index (χ3v) is 4.55. The average molecular weight is 360 g/mol. The second kappa shape index (κ2) is 10.1. The number of nitrogens with one attached hydrogen (secondary N) is 2. The van der Waals surface area contributed by atoms with Crippen LogP contribution >= 0.6 is 24.8 Å². The molecule has 1 amide bonds.